The third-order valence-electron chi connectivity index (χ3n) is 4.16. The molecule has 1 saturated carbocycles. The first-order valence-electron chi connectivity index (χ1n) is 8.36. The highest BCUT2D eigenvalue weighted by molar-refractivity contribution is 5.88. The molecule has 25 heavy (non-hydrogen) atoms. The second-order valence-electron chi connectivity index (χ2n) is 6.11. The Morgan fingerprint density at radius 2 is 1.88 bits per heavy atom. The minimum absolute atomic E-state index is 0.152. The molecule has 7 heteroatoms. The van der Waals surface area contributed by atoms with Crippen LogP contribution in [0, 0.1) is 11.6 Å². The molecular weight excluding hydrogens is 326 g/mol. The Balaban J connectivity index is 1.55. The minimum Gasteiger partial charge on any atom is -0.352 e. The van der Waals surface area contributed by atoms with Gasteiger partial charge in [-0.1, -0.05) is 19.3 Å². The summed E-state index contributed by atoms with van der Waals surface area (Å²) in [5, 5.41) is 8.44. The van der Waals surface area contributed by atoms with Gasteiger partial charge in [-0.3, -0.25) is 5.32 Å². The highest BCUT2D eigenvalue weighted by Gasteiger charge is 2.15. The van der Waals surface area contributed by atoms with Gasteiger partial charge in [-0.15, -0.1) is 0 Å². The van der Waals surface area contributed by atoms with Crippen molar-refractivity contribution < 1.29 is 13.6 Å². The lowest BCUT2D eigenvalue weighted by molar-refractivity contribution is 0.244. The number of amides is 2. The summed E-state index contributed by atoms with van der Waals surface area (Å²) in [5.41, 5.74) is 0.683. The standard InChI is InChI=1S/C18H20F2N4O/c19-12-6-8-16(15(20)10-12)22-14-7-9-17(21-11-14)24-18(25)23-13-4-2-1-3-5-13/h6-11,13,22H,1-5H2,(H2,21,23,24,25). The van der Waals surface area contributed by atoms with Crippen LogP contribution >= 0.6 is 0 Å². The van der Waals surface area contributed by atoms with Gasteiger partial charge in [-0.25, -0.2) is 18.6 Å². The Morgan fingerprint density at radius 3 is 2.56 bits per heavy atom. The molecule has 5 nitrogen and oxygen atoms in total. The molecule has 0 atom stereocenters. The van der Waals surface area contributed by atoms with E-state index in [-0.39, 0.29) is 17.8 Å². The predicted octanol–water partition coefficient (Wildman–Crippen LogP) is 4.56. The first-order valence-corrected chi connectivity index (χ1v) is 8.36. The van der Waals surface area contributed by atoms with Crippen LogP contribution in [0.3, 0.4) is 0 Å². The van der Waals surface area contributed by atoms with Crippen molar-refractivity contribution in [3.8, 4) is 0 Å². The number of anilines is 3. The van der Waals surface area contributed by atoms with Gasteiger partial charge in [0.05, 0.1) is 17.6 Å². The molecule has 3 rings (SSSR count). The zero-order valence-corrected chi connectivity index (χ0v) is 13.7. The Bertz CT molecular complexity index is 730. The molecule has 1 fully saturated rings. The topological polar surface area (TPSA) is 66.0 Å². The van der Waals surface area contributed by atoms with Crippen LogP contribution in [-0.4, -0.2) is 17.1 Å². The maximum Gasteiger partial charge on any atom is 0.320 e. The van der Waals surface area contributed by atoms with Gasteiger partial charge in [-0.05, 0) is 37.1 Å². The number of halogens is 2. The maximum absolute atomic E-state index is 13.6. The lowest BCUT2D eigenvalue weighted by Gasteiger charge is -2.22. The summed E-state index contributed by atoms with van der Waals surface area (Å²) in [7, 11) is 0. The minimum atomic E-state index is -0.686. The number of pyridine rings is 1. The Kier molecular flexibility index (Phi) is 5.42. The Hall–Kier alpha value is -2.70. The average molecular weight is 346 g/mol. The van der Waals surface area contributed by atoms with Crippen LogP contribution in [-0.2, 0) is 0 Å². The zero-order valence-electron chi connectivity index (χ0n) is 13.7. The number of nitrogens with one attached hydrogen (secondary N) is 3. The fourth-order valence-electron chi connectivity index (χ4n) is 2.87. The van der Waals surface area contributed by atoms with Crippen LogP contribution in [0.15, 0.2) is 36.5 Å². The molecule has 1 aliphatic rings. The van der Waals surface area contributed by atoms with E-state index < -0.39 is 11.6 Å². The summed E-state index contributed by atoms with van der Waals surface area (Å²) in [6, 6.07) is 6.51. The van der Waals surface area contributed by atoms with Crippen molar-refractivity contribution >= 4 is 23.2 Å². The number of hydrogen-bond donors (Lipinski definition) is 3. The van der Waals surface area contributed by atoms with Crippen molar-refractivity contribution in [2.45, 2.75) is 38.1 Å². The fraction of sp³-hybridized carbons (Fsp3) is 0.333. The molecule has 2 aromatic rings. The van der Waals surface area contributed by atoms with Crippen LogP contribution in [0.1, 0.15) is 32.1 Å². The SMILES string of the molecule is O=C(Nc1ccc(Nc2ccc(F)cc2F)cn1)NC1CCCCC1. The molecule has 1 aliphatic carbocycles. The van der Waals surface area contributed by atoms with Crippen LogP contribution in [0.2, 0.25) is 0 Å². The van der Waals surface area contributed by atoms with Crippen molar-refractivity contribution in [1.29, 1.82) is 0 Å². The summed E-state index contributed by atoms with van der Waals surface area (Å²) < 4.78 is 26.5. The quantitative estimate of drug-likeness (QED) is 0.760. The summed E-state index contributed by atoms with van der Waals surface area (Å²) in [6.07, 6.45) is 7.00. The van der Waals surface area contributed by atoms with E-state index in [1.807, 2.05) is 0 Å². The molecule has 0 radical (unpaired) electrons. The van der Waals surface area contributed by atoms with Gasteiger partial charge >= 0.3 is 6.03 Å². The van der Waals surface area contributed by atoms with Crippen molar-refractivity contribution in [2.75, 3.05) is 10.6 Å². The molecule has 2 amide bonds. The lowest BCUT2D eigenvalue weighted by atomic mass is 9.96. The molecule has 1 heterocycles. The number of benzene rings is 1. The Morgan fingerprint density at radius 1 is 1.08 bits per heavy atom. The van der Waals surface area contributed by atoms with E-state index in [2.05, 4.69) is 20.9 Å². The van der Waals surface area contributed by atoms with Gasteiger partial charge in [0.15, 0.2) is 0 Å². The second-order valence-corrected chi connectivity index (χ2v) is 6.11. The van der Waals surface area contributed by atoms with E-state index in [0.717, 1.165) is 31.7 Å². The highest BCUT2D eigenvalue weighted by atomic mass is 19.1. The third-order valence-corrected chi connectivity index (χ3v) is 4.16. The molecule has 0 spiro atoms. The fourth-order valence-corrected chi connectivity index (χ4v) is 2.87. The number of nitrogens with zero attached hydrogens (tertiary/aromatic N) is 1. The second kappa shape index (κ2) is 7.92. The molecular formula is C18H20F2N4O. The van der Waals surface area contributed by atoms with Crippen LogP contribution in [0.4, 0.5) is 30.8 Å². The highest BCUT2D eigenvalue weighted by Crippen LogP contribution is 2.21. The molecule has 3 N–H and O–H groups in total. The monoisotopic (exact) mass is 346 g/mol. The molecule has 1 aromatic carbocycles. The molecule has 0 saturated heterocycles. The predicted molar refractivity (Wildman–Crippen MR) is 92.9 cm³/mol. The average Bonchev–Trinajstić information content (AvgIpc) is 2.60. The number of rotatable bonds is 4. The molecule has 132 valence electrons. The van der Waals surface area contributed by atoms with Crippen molar-refractivity contribution in [3.63, 3.8) is 0 Å². The number of aromatic nitrogens is 1. The molecule has 0 unspecified atom stereocenters. The number of carbonyl (C=O) groups excluding carboxylic acids is 1. The lowest BCUT2D eigenvalue weighted by Crippen LogP contribution is -2.39. The first kappa shape index (κ1) is 17.1. The largest absolute Gasteiger partial charge is 0.352 e. The third kappa shape index (κ3) is 4.89. The van der Waals surface area contributed by atoms with Crippen molar-refractivity contribution in [3.05, 3.63) is 48.2 Å². The van der Waals surface area contributed by atoms with E-state index >= 15 is 0 Å². The maximum atomic E-state index is 13.6. The van der Waals surface area contributed by atoms with Gasteiger partial charge in [0.25, 0.3) is 0 Å². The number of urea groups is 1. The summed E-state index contributed by atoms with van der Waals surface area (Å²) in [5.74, 6) is -0.919. The van der Waals surface area contributed by atoms with Crippen LogP contribution in [0.25, 0.3) is 0 Å². The first-order chi connectivity index (χ1) is 12.1. The van der Waals surface area contributed by atoms with E-state index in [1.54, 1.807) is 12.1 Å². The van der Waals surface area contributed by atoms with Gasteiger partial charge < -0.3 is 10.6 Å². The number of carbonyl (C=O) groups is 1. The van der Waals surface area contributed by atoms with E-state index in [4.69, 9.17) is 0 Å². The smallest absolute Gasteiger partial charge is 0.320 e. The zero-order chi connectivity index (χ0) is 17.6. The van der Waals surface area contributed by atoms with Gasteiger partial charge in [0.1, 0.15) is 17.5 Å². The van der Waals surface area contributed by atoms with Crippen molar-refractivity contribution in [2.24, 2.45) is 0 Å². The summed E-state index contributed by atoms with van der Waals surface area (Å²) in [6.45, 7) is 0. The number of hydrogen-bond acceptors (Lipinski definition) is 3. The normalized spacial score (nSPS) is 14.8. The van der Waals surface area contributed by atoms with E-state index in [9.17, 15) is 13.6 Å². The van der Waals surface area contributed by atoms with Crippen LogP contribution < -0.4 is 16.0 Å². The van der Waals surface area contributed by atoms with Crippen LogP contribution in [0.5, 0.6) is 0 Å². The Labute approximate surface area is 144 Å². The van der Waals surface area contributed by atoms with Gasteiger partial charge in [0, 0.05) is 12.1 Å². The van der Waals surface area contributed by atoms with E-state index in [0.29, 0.717) is 11.5 Å². The molecule has 0 aliphatic heterocycles. The summed E-state index contributed by atoms with van der Waals surface area (Å²) >= 11 is 0. The molecule has 0 bridgehead atoms. The van der Waals surface area contributed by atoms with Crippen molar-refractivity contribution in [1.82, 2.24) is 10.3 Å². The van der Waals surface area contributed by atoms with Gasteiger partial charge in [0.2, 0.25) is 0 Å². The van der Waals surface area contributed by atoms with E-state index in [1.165, 1.54) is 24.8 Å². The molecule has 1 aromatic heterocycles. The summed E-state index contributed by atoms with van der Waals surface area (Å²) in [4.78, 5) is 16.1. The van der Waals surface area contributed by atoms with Gasteiger partial charge in [-0.2, -0.15) is 0 Å².